The first-order chi connectivity index (χ1) is 22.8. The third kappa shape index (κ3) is 3.98. The standard InChI is InChI=1S/C43H27N3/c44-28-29-18-20-30(21-19-29)35-15-9-17-42-43(35)38-27-32(23-25-41(38)46(42)34-12-5-2-6-13-34)31-22-24-40-37(26-31)36-14-7-8-16-39(36)45(40)33-10-3-1-4-11-33/h1-27H. The topological polar surface area (TPSA) is 33.6 Å². The van der Waals surface area contributed by atoms with Gasteiger partial charge >= 0.3 is 0 Å². The highest BCUT2D eigenvalue weighted by Gasteiger charge is 2.18. The van der Waals surface area contributed by atoms with Crippen molar-refractivity contribution in [3.8, 4) is 39.7 Å². The number of hydrogen-bond acceptors (Lipinski definition) is 1. The summed E-state index contributed by atoms with van der Waals surface area (Å²) in [4.78, 5) is 0. The van der Waals surface area contributed by atoms with Crippen LogP contribution in [0.4, 0.5) is 0 Å². The van der Waals surface area contributed by atoms with E-state index in [1.807, 2.05) is 12.1 Å². The van der Waals surface area contributed by atoms with Gasteiger partial charge in [-0.2, -0.15) is 5.26 Å². The Morgan fingerprint density at radius 3 is 1.59 bits per heavy atom. The molecule has 0 N–H and O–H groups in total. The first-order valence-corrected chi connectivity index (χ1v) is 15.5. The van der Waals surface area contributed by atoms with Gasteiger partial charge in [0.2, 0.25) is 0 Å². The molecule has 0 saturated carbocycles. The molecule has 0 fully saturated rings. The molecule has 3 heteroatoms. The molecule has 2 aromatic heterocycles. The number of benzene rings is 7. The SMILES string of the molecule is N#Cc1ccc(-c2cccc3c2c2cc(-c4ccc5c(c4)c4ccccc4n5-c4ccccc4)ccc2n3-c2ccccc2)cc1. The van der Waals surface area contributed by atoms with Crippen molar-refractivity contribution in [2.24, 2.45) is 0 Å². The van der Waals surface area contributed by atoms with Crippen LogP contribution >= 0.6 is 0 Å². The number of hydrogen-bond donors (Lipinski definition) is 0. The third-order valence-electron chi connectivity index (χ3n) is 9.15. The molecular weight excluding hydrogens is 558 g/mol. The van der Waals surface area contributed by atoms with Crippen LogP contribution in [0.5, 0.6) is 0 Å². The van der Waals surface area contributed by atoms with Gasteiger partial charge in [-0.05, 0) is 95.1 Å². The molecule has 3 nitrogen and oxygen atoms in total. The lowest BCUT2D eigenvalue weighted by Crippen LogP contribution is -1.93. The van der Waals surface area contributed by atoms with Crippen LogP contribution in [0.3, 0.4) is 0 Å². The number of fused-ring (bicyclic) bond motifs is 6. The maximum absolute atomic E-state index is 9.41. The highest BCUT2D eigenvalue weighted by Crippen LogP contribution is 2.41. The quantitative estimate of drug-likeness (QED) is 0.202. The van der Waals surface area contributed by atoms with E-state index in [1.54, 1.807) is 0 Å². The fraction of sp³-hybridized carbons (Fsp3) is 0. The van der Waals surface area contributed by atoms with E-state index in [-0.39, 0.29) is 0 Å². The van der Waals surface area contributed by atoms with E-state index in [0.29, 0.717) is 5.56 Å². The van der Waals surface area contributed by atoms with Gasteiger partial charge in [0.25, 0.3) is 0 Å². The van der Waals surface area contributed by atoms with Crippen molar-refractivity contribution < 1.29 is 0 Å². The van der Waals surface area contributed by atoms with Crippen molar-refractivity contribution in [3.63, 3.8) is 0 Å². The molecule has 46 heavy (non-hydrogen) atoms. The van der Waals surface area contributed by atoms with Crippen LogP contribution in [0.1, 0.15) is 5.56 Å². The second kappa shape index (κ2) is 10.4. The Kier molecular flexibility index (Phi) is 5.88. The number of aromatic nitrogens is 2. The molecule has 0 bridgehead atoms. The Morgan fingerprint density at radius 1 is 0.391 bits per heavy atom. The van der Waals surface area contributed by atoms with Crippen LogP contribution in [0.2, 0.25) is 0 Å². The van der Waals surface area contributed by atoms with Crippen molar-refractivity contribution in [3.05, 3.63) is 169 Å². The van der Waals surface area contributed by atoms with Gasteiger partial charge in [-0.25, -0.2) is 0 Å². The molecule has 214 valence electrons. The lowest BCUT2D eigenvalue weighted by Gasteiger charge is -2.09. The fourth-order valence-corrected chi connectivity index (χ4v) is 7.08. The molecule has 0 amide bonds. The first kappa shape index (κ1) is 26.1. The van der Waals surface area contributed by atoms with E-state index in [9.17, 15) is 5.26 Å². The van der Waals surface area contributed by atoms with Gasteiger partial charge in [0.15, 0.2) is 0 Å². The minimum atomic E-state index is 0.661. The predicted molar refractivity (Wildman–Crippen MR) is 191 cm³/mol. The summed E-state index contributed by atoms with van der Waals surface area (Å²) < 4.78 is 4.72. The summed E-state index contributed by atoms with van der Waals surface area (Å²) in [5.41, 5.74) is 12.3. The van der Waals surface area contributed by atoms with Crippen LogP contribution in [-0.4, -0.2) is 9.13 Å². The van der Waals surface area contributed by atoms with E-state index >= 15 is 0 Å². The van der Waals surface area contributed by atoms with E-state index < -0.39 is 0 Å². The zero-order valence-corrected chi connectivity index (χ0v) is 24.9. The zero-order valence-electron chi connectivity index (χ0n) is 24.9. The lowest BCUT2D eigenvalue weighted by molar-refractivity contribution is 1.18. The largest absolute Gasteiger partial charge is 0.309 e. The van der Waals surface area contributed by atoms with Crippen molar-refractivity contribution >= 4 is 43.6 Å². The van der Waals surface area contributed by atoms with Gasteiger partial charge in [0, 0.05) is 32.9 Å². The van der Waals surface area contributed by atoms with E-state index in [2.05, 4.69) is 167 Å². The van der Waals surface area contributed by atoms with Crippen LogP contribution in [0, 0.1) is 11.3 Å². The molecule has 0 radical (unpaired) electrons. The molecule has 0 atom stereocenters. The van der Waals surface area contributed by atoms with Gasteiger partial charge in [0.05, 0.1) is 33.7 Å². The summed E-state index contributed by atoms with van der Waals surface area (Å²) in [6.45, 7) is 0. The maximum Gasteiger partial charge on any atom is 0.0991 e. The van der Waals surface area contributed by atoms with Crippen LogP contribution in [-0.2, 0) is 0 Å². The first-order valence-electron chi connectivity index (χ1n) is 15.5. The average Bonchev–Trinajstić information content (AvgIpc) is 3.64. The van der Waals surface area contributed by atoms with E-state index in [1.165, 1.54) is 43.7 Å². The third-order valence-corrected chi connectivity index (χ3v) is 9.15. The second-order valence-electron chi connectivity index (χ2n) is 11.7. The van der Waals surface area contributed by atoms with Gasteiger partial charge < -0.3 is 9.13 Å². The molecule has 0 aliphatic carbocycles. The zero-order chi connectivity index (χ0) is 30.6. The van der Waals surface area contributed by atoms with Gasteiger partial charge in [0.1, 0.15) is 0 Å². The van der Waals surface area contributed by atoms with Crippen molar-refractivity contribution in [2.45, 2.75) is 0 Å². The normalized spacial score (nSPS) is 11.5. The van der Waals surface area contributed by atoms with Gasteiger partial charge in [-0.1, -0.05) is 91.0 Å². The average molecular weight is 586 g/mol. The number of para-hydroxylation sites is 3. The maximum atomic E-state index is 9.41. The molecule has 0 spiro atoms. The summed E-state index contributed by atoms with van der Waals surface area (Å²) in [5.74, 6) is 0. The number of nitriles is 1. The van der Waals surface area contributed by atoms with Crippen molar-refractivity contribution in [2.75, 3.05) is 0 Å². The Balaban J connectivity index is 1.30. The lowest BCUT2D eigenvalue weighted by atomic mass is 9.96. The van der Waals surface area contributed by atoms with Gasteiger partial charge in [-0.15, -0.1) is 0 Å². The summed E-state index contributed by atoms with van der Waals surface area (Å²) in [7, 11) is 0. The van der Waals surface area contributed by atoms with E-state index in [4.69, 9.17) is 0 Å². The van der Waals surface area contributed by atoms with Crippen molar-refractivity contribution in [1.82, 2.24) is 9.13 Å². The minimum Gasteiger partial charge on any atom is -0.309 e. The van der Waals surface area contributed by atoms with Crippen LogP contribution in [0.15, 0.2) is 164 Å². The smallest absolute Gasteiger partial charge is 0.0991 e. The Morgan fingerprint density at radius 2 is 0.913 bits per heavy atom. The molecule has 0 unspecified atom stereocenters. The molecule has 0 saturated heterocycles. The predicted octanol–water partition coefficient (Wildman–Crippen LogP) is 11.1. The van der Waals surface area contributed by atoms with Crippen molar-refractivity contribution in [1.29, 1.82) is 5.26 Å². The fourth-order valence-electron chi connectivity index (χ4n) is 7.08. The monoisotopic (exact) mass is 585 g/mol. The highest BCUT2D eigenvalue weighted by atomic mass is 15.0. The highest BCUT2D eigenvalue weighted by molar-refractivity contribution is 6.17. The Bertz CT molecular complexity index is 2620. The van der Waals surface area contributed by atoms with Gasteiger partial charge in [-0.3, -0.25) is 0 Å². The Labute approximate surface area is 266 Å². The molecule has 0 aliphatic rings. The second-order valence-corrected chi connectivity index (χ2v) is 11.7. The van der Waals surface area contributed by atoms with Crippen LogP contribution in [0.25, 0.3) is 77.2 Å². The summed E-state index contributed by atoms with van der Waals surface area (Å²) >= 11 is 0. The van der Waals surface area contributed by atoms with E-state index in [0.717, 1.165) is 33.5 Å². The van der Waals surface area contributed by atoms with Crippen LogP contribution < -0.4 is 0 Å². The molecular formula is C43H27N3. The number of rotatable bonds is 4. The molecule has 9 rings (SSSR count). The molecule has 0 aliphatic heterocycles. The molecule has 7 aromatic carbocycles. The summed E-state index contributed by atoms with van der Waals surface area (Å²) in [6.07, 6.45) is 0. The molecule has 2 heterocycles. The summed E-state index contributed by atoms with van der Waals surface area (Å²) in [5, 5.41) is 14.3. The molecule has 9 aromatic rings. The minimum absolute atomic E-state index is 0.661. The summed E-state index contributed by atoms with van der Waals surface area (Å²) in [6, 6.07) is 60.2. The number of nitrogens with zero attached hydrogens (tertiary/aromatic N) is 3. The Hall–Kier alpha value is -6.37.